The topological polar surface area (TPSA) is 29.3 Å². The maximum atomic E-state index is 12.8. The van der Waals surface area contributed by atoms with Gasteiger partial charge in [0, 0.05) is 6.42 Å². The molecular formula is C8H18Cl2F2N2. The van der Waals surface area contributed by atoms with Crippen molar-refractivity contribution >= 4 is 24.8 Å². The van der Waals surface area contributed by atoms with Gasteiger partial charge in [-0.3, -0.25) is 4.90 Å². The molecule has 0 bridgehead atoms. The molecule has 0 saturated carbocycles. The molecule has 1 heterocycles. The lowest BCUT2D eigenvalue weighted by atomic mass is 10.1. The number of rotatable bonds is 3. The number of alkyl halides is 2. The van der Waals surface area contributed by atoms with Crippen LogP contribution in [-0.2, 0) is 0 Å². The van der Waals surface area contributed by atoms with Gasteiger partial charge in [-0.1, -0.05) is 0 Å². The zero-order chi connectivity index (χ0) is 9.03. The van der Waals surface area contributed by atoms with E-state index in [4.69, 9.17) is 5.73 Å². The monoisotopic (exact) mass is 250 g/mol. The van der Waals surface area contributed by atoms with E-state index in [1.54, 1.807) is 4.90 Å². The maximum Gasteiger partial charge on any atom is 0.260 e. The van der Waals surface area contributed by atoms with E-state index in [2.05, 4.69) is 0 Å². The number of likely N-dealkylation sites (tertiary alicyclic amines) is 1. The maximum absolute atomic E-state index is 12.8. The van der Waals surface area contributed by atoms with Crippen LogP contribution in [0.25, 0.3) is 0 Å². The molecule has 2 N–H and O–H groups in total. The number of hydrogen-bond donors (Lipinski definition) is 1. The Balaban J connectivity index is 0. The molecule has 0 atom stereocenters. The van der Waals surface area contributed by atoms with Crippen LogP contribution in [-0.4, -0.2) is 37.0 Å². The summed E-state index contributed by atoms with van der Waals surface area (Å²) in [5.74, 6) is -2.47. The number of nitrogens with zero attached hydrogens (tertiary/aromatic N) is 1. The van der Waals surface area contributed by atoms with Gasteiger partial charge >= 0.3 is 0 Å². The van der Waals surface area contributed by atoms with Crippen LogP contribution in [0, 0.1) is 0 Å². The van der Waals surface area contributed by atoms with E-state index in [1.165, 1.54) is 0 Å². The molecule has 0 aromatic rings. The zero-order valence-corrected chi connectivity index (χ0v) is 9.68. The van der Waals surface area contributed by atoms with Gasteiger partial charge in [-0.15, -0.1) is 24.8 Å². The molecule has 1 rings (SSSR count). The van der Waals surface area contributed by atoms with Crippen molar-refractivity contribution in [2.75, 3.05) is 26.2 Å². The van der Waals surface area contributed by atoms with E-state index in [-0.39, 0.29) is 37.8 Å². The molecule has 1 aliphatic heterocycles. The largest absolute Gasteiger partial charge is 0.330 e. The summed E-state index contributed by atoms with van der Waals surface area (Å²) in [6.45, 7) is 2.02. The summed E-state index contributed by atoms with van der Waals surface area (Å²) < 4.78 is 25.6. The Hall–Kier alpha value is 0.360. The molecule has 0 aliphatic carbocycles. The Bertz CT molecular complexity index is 147. The number of halogens is 4. The highest BCUT2D eigenvalue weighted by atomic mass is 35.5. The Kier molecular flexibility index (Phi) is 9.14. The third-order valence-corrected chi connectivity index (χ3v) is 2.15. The first-order valence-corrected chi connectivity index (χ1v) is 4.44. The fourth-order valence-electron chi connectivity index (χ4n) is 1.55. The molecule has 88 valence electrons. The summed E-state index contributed by atoms with van der Waals surface area (Å²) in [4.78, 5) is 1.80. The molecular weight excluding hydrogens is 233 g/mol. The lowest BCUT2D eigenvalue weighted by molar-refractivity contribution is -0.0638. The zero-order valence-electron chi connectivity index (χ0n) is 8.05. The summed E-state index contributed by atoms with van der Waals surface area (Å²) in [5, 5.41) is 0. The van der Waals surface area contributed by atoms with Gasteiger partial charge in [0.25, 0.3) is 5.92 Å². The van der Waals surface area contributed by atoms with Crippen LogP contribution in [0.5, 0.6) is 0 Å². The molecule has 0 aromatic carbocycles. The van der Waals surface area contributed by atoms with Crippen molar-refractivity contribution < 1.29 is 8.78 Å². The summed E-state index contributed by atoms with van der Waals surface area (Å²) in [5.41, 5.74) is 5.30. The summed E-state index contributed by atoms with van der Waals surface area (Å²) >= 11 is 0. The Morgan fingerprint density at radius 1 is 1.29 bits per heavy atom. The van der Waals surface area contributed by atoms with E-state index >= 15 is 0 Å². The molecule has 1 fully saturated rings. The van der Waals surface area contributed by atoms with Gasteiger partial charge in [0.1, 0.15) is 0 Å². The standard InChI is InChI=1S/C8H16F2N2.2ClH/c9-8(10)3-1-5-12(7-8)6-2-4-11;;/h1-7,11H2;2*1H. The average molecular weight is 251 g/mol. The fraction of sp³-hybridized carbons (Fsp3) is 1.00. The highest BCUT2D eigenvalue weighted by molar-refractivity contribution is 5.85. The smallest absolute Gasteiger partial charge is 0.260 e. The fourth-order valence-corrected chi connectivity index (χ4v) is 1.55. The molecule has 6 heteroatoms. The summed E-state index contributed by atoms with van der Waals surface area (Å²) in [6.07, 6.45) is 1.47. The lowest BCUT2D eigenvalue weighted by Gasteiger charge is -2.32. The van der Waals surface area contributed by atoms with E-state index in [0.717, 1.165) is 13.0 Å². The molecule has 2 nitrogen and oxygen atoms in total. The van der Waals surface area contributed by atoms with Crippen LogP contribution in [0.15, 0.2) is 0 Å². The van der Waals surface area contributed by atoms with E-state index in [1.807, 2.05) is 0 Å². The van der Waals surface area contributed by atoms with Gasteiger partial charge in [0.05, 0.1) is 6.54 Å². The third-order valence-electron chi connectivity index (χ3n) is 2.15. The van der Waals surface area contributed by atoms with E-state index < -0.39 is 5.92 Å². The first-order chi connectivity index (χ1) is 5.64. The minimum absolute atomic E-state index is 0. The third kappa shape index (κ3) is 5.96. The predicted octanol–water partition coefficient (Wildman–Crippen LogP) is 1.91. The quantitative estimate of drug-likeness (QED) is 0.830. The highest BCUT2D eigenvalue weighted by Gasteiger charge is 2.34. The number of hydrogen-bond acceptors (Lipinski definition) is 2. The van der Waals surface area contributed by atoms with Crippen molar-refractivity contribution in [3.8, 4) is 0 Å². The van der Waals surface area contributed by atoms with Crippen molar-refractivity contribution in [2.45, 2.75) is 25.2 Å². The van der Waals surface area contributed by atoms with E-state index in [9.17, 15) is 8.78 Å². The molecule has 1 aliphatic rings. The van der Waals surface area contributed by atoms with E-state index in [0.29, 0.717) is 19.5 Å². The van der Waals surface area contributed by atoms with Crippen molar-refractivity contribution in [1.82, 2.24) is 4.90 Å². The average Bonchev–Trinajstić information content (AvgIpc) is 1.99. The van der Waals surface area contributed by atoms with Crippen molar-refractivity contribution in [3.63, 3.8) is 0 Å². The molecule has 0 radical (unpaired) electrons. The molecule has 0 amide bonds. The van der Waals surface area contributed by atoms with Gasteiger partial charge in [-0.25, -0.2) is 8.78 Å². The second kappa shape index (κ2) is 7.63. The van der Waals surface area contributed by atoms with Gasteiger partial charge in [0.15, 0.2) is 0 Å². The first-order valence-electron chi connectivity index (χ1n) is 4.44. The van der Waals surface area contributed by atoms with Crippen LogP contribution in [0.4, 0.5) is 8.78 Å². The molecule has 0 unspecified atom stereocenters. The molecule has 0 spiro atoms. The van der Waals surface area contributed by atoms with Crippen LogP contribution in [0.1, 0.15) is 19.3 Å². The van der Waals surface area contributed by atoms with Crippen LogP contribution < -0.4 is 5.73 Å². The summed E-state index contributed by atoms with van der Waals surface area (Å²) in [6, 6.07) is 0. The SMILES string of the molecule is Cl.Cl.NCCCN1CCCC(F)(F)C1. The lowest BCUT2D eigenvalue weighted by Crippen LogP contribution is -2.43. The number of nitrogens with two attached hydrogens (primary N) is 1. The van der Waals surface area contributed by atoms with Crippen molar-refractivity contribution in [1.29, 1.82) is 0 Å². The second-order valence-corrected chi connectivity index (χ2v) is 3.38. The first kappa shape index (κ1) is 16.8. The Morgan fingerprint density at radius 3 is 2.43 bits per heavy atom. The molecule has 1 saturated heterocycles. The highest BCUT2D eigenvalue weighted by Crippen LogP contribution is 2.26. The van der Waals surface area contributed by atoms with Crippen LogP contribution >= 0.6 is 24.8 Å². The number of piperidine rings is 1. The van der Waals surface area contributed by atoms with Gasteiger partial charge in [-0.2, -0.15) is 0 Å². The molecule has 14 heavy (non-hydrogen) atoms. The second-order valence-electron chi connectivity index (χ2n) is 3.38. The normalized spacial score (nSPS) is 20.8. The van der Waals surface area contributed by atoms with Crippen LogP contribution in [0.3, 0.4) is 0 Å². The predicted molar refractivity (Wildman–Crippen MR) is 58.8 cm³/mol. The van der Waals surface area contributed by atoms with Gasteiger partial charge < -0.3 is 5.73 Å². The van der Waals surface area contributed by atoms with Crippen molar-refractivity contribution in [3.05, 3.63) is 0 Å². The summed E-state index contributed by atoms with van der Waals surface area (Å²) in [7, 11) is 0. The van der Waals surface area contributed by atoms with Gasteiger partial charge in [-0.05, 0) is 32.5 Å². The van der Waals surface area contributed by atoms with Gasteiger partial charge in [0.2, 0.25) is 0 Å². The minimum Gasteiger partial charge on any atom is -0.330 e. The molecule has 0 aromatic heterocycles. The van der Waals surface area contributed by atoms with Crippen LogP contribution in [0.2, 0.25) is 0 Å². The Morgan fingerprint density at radius 2 is 1.93 bits per heavy atom. The minimum atomic E-state index is -2.47. The Labute approximate surface area is 96.0 Å². The van der Waals surface area contributed by atoms with Crippen molar-refractivity contribution in [2.24, 2.45) is 5.73 Å².